The number of carbonyl (C=O) groups excluding carboxylic acids is 1. The highest BCUT2D eigenvalue weighted by molar-refractivity contribution is 5.86. The van der Waals surface area contributed by atoms with Crippen molar-refractivity contribution in [2.45, 2.75) is 51.6 Å². The standard InChI is InChI=1S/C26H30N2O3/c1-30-24-15-18-11-13-27(17-19(18)16-25(24)31-2)26(29)12-14-28-22-9-5-3-7-20(22)21-8-4-6-10-23(21)28/h3,5,7,9,15-16H,4,6,8,10-14,17H2,1-2H3. The highest BCUT2D eigenvalue weighted by Crippen LogP contribution is 2.34. The lowest BCUT2D eigenvalue weighted by atomic mass is 9.95. The molecule has 2 aliphatic rings. The van der Waals surface area contributed by atoms with E-state index in [1.54, 1.807) is 14.2 Å². The molecule has 0 unspecified atom stereocenters. The third-order valence-electron chi connectivity index (χ3n) is 6.90. The van der Waals surface area contributed by atoms with Crippen molar-refractivity contribution in [1.29, 1.82) is 0 Å². The SMILES string of the molecule is COc1cc2c(cc1OC)CN(C(=O)CCn1c3c(c4ccccc41)CCCC3)CC2. The second-order valence-electron chi connectivity index (χ2n) is 8.59. The lowest BCUT2D eigenvalue weighted by molar-refractivity contribution is -0.132. The summed E-state index contributed by atoms with van der Waals surface area (Å²) in [5.74, 6) is 1.70. The van der Waals surface area contributed by atoms with Crippen LogP contribution in [-0.2, 0) is 37.1 Å². The summed E-state index contributed by atoms with van der Waals surface area (Å²) in [6, 6.07) is 12.7. The Balaban J connectivity index is 1.33. The van der Waals surface area contributed by atoms with E-state index in [2.05, 4.69) is 28.8 Å². The average Bonchev–Trinajstić information content (AvgIpc) is 3.15. The van der Waals surface area contributed by atoms with Crippen molar-refractivity contribution in [2.24, 2.45) is 0 Å². The third kappa shape index (κ3) is 3.56. The van der Waals surface area contributed by atoms with Gasteiger partial charge in [0.25, 0.3) is 0 Å². The molecule has 0 N–H and O–H groups in total. The smallest absolute Gasteiger partial charge is 0.224 e. The van der Waals surface area contributed by atoms with E-state index < -0.39 is 0 Å². The molecule has 1 amide bonds. The zero-order chi connectivity index (χ0) is 21.4. The van der Waals surface area contributed by atoms with Gasteiger partial charge in [0.15, 0.2) is 11.5 Å². The molecule has 0 spiro atoms. The Morgan fingerprint density at radius 2 is 1.71 bits per heavy atom. The zero-order valence-corrected chi connectivity index (χ0v) is 18.4. The lowest BCUT2D eigenvalue weighted by Crippen LogP contribution is -2.36. The fraction of sp³-hybridized carbons (Fsp3) is 0.423. The number of benzene rings is 2. The number of methoxy groups -OCH3 is 2. The van der Waals surface area contributed by atoms with Gasteiger partial charge in [0.05, 0.1) is 14.2 Å². The molecule has 31 heavy (non-hydrogen) atoms. The number of aryl methyl sites for hydroxylation is 2. The van der Waals surface area contributed by atoms with E-state index in [0.29, 0.717) is 13.0 Å². The van der Waals surface area contributed by atoms with Crippen LogP contribution >= 0.6 is 0 Å². The molecule has 0 saturated carbocycles. The Hall–Kier alpha value is -2.95. The van der Waals surface area contributed by atoms with Crippen LogP contribution < -0.4 is 9.47 Å². The first kappa shape index (κ1) is 20.0. The van der Waals surface area contributed by atoms with Gasteiger partial charge in [-0.15, -0.1) is 0 Å². The van der Waals surface area contributed by atoms with E-state index >= 15 is 0 Å². The van der Waals surface area contributed by atoms with E-state index in [9.17, 15) is 4.79 Å². The number of rotatable bonds is 5. The number of hydrogen-bond donors (Lipinski definition) is 0. The van der Waals surface area contributed by atoms with Crippen LogP contribution in [0.25, 0.3) is 10.9 Å². The number of aromatic nitrogens is 1. The fourth-order valence-electron chi connectivity index (χ4n) is 5.30. The minimum absolute atomic E-state index is 0.225. The molecule has 0 saturated heterocycles. The van der Waals surface area contributed by atoms with Crippen LogP contribution in [0.4, 0.5) is 0 Å². The summed E-state index contributed by atoms with van der Waals surface area (Å²) in [4.78, 5) is 15.1. The van der Waals surface area contributed by atoms with Crippen molar-refractivity contribution in [3.05, 3.63) is 58.8 Å². The monoisotopic (exact) mass is 418 g/mol. The van der Waals surface area contributed by atoms with Crippen LogP contribution in [0.2, 0.25) is 0 Å². The Morgan fingerprint density at radius 1 is 0.968 bits per heavy atom. The largest absolute Gasteiger partial charge is 0.493 e. The van der Waals surface area contributed by atoms with E-state index in [1.807, 2.05) is 17.0 Å². The maximum Gasteiger partial charge on any atom is 0.224 e. The molecule has 162 valence electrons. The van der Waals surface area contributed by atoms with Crippen LogP contribution in [-0.4, -0.2) is 36.1 Å². The van der Waals surface area contributed by atoms with Gasteiger partial charge in [0.1, 0.15) is 0 Å². The van der Waals surface area contributed by atoms with Gasteiger partial charge in [0.2, 0.25) is 5.91 Å². The number of hydrogen-bond acceptors (Lipinski definition) is 3. The van der Waals surface area contributed by atoms with Crippen molar-refractivity contribution < 1.29 is 14.3 Å². The molecule has 5 nitrogen and oxygen atoms in total. The number of nitrogens with zero attached hydrogens (tertiary/aromatic N) is 2. The van der Waals surface area contributed by atoms with Crippen molar-refractivity contribution in [3.63, 3.8) is 0 Å². The zero-order valence-electron chi connectivity index (χ0n) is 18.4. The van der Waals surface area contributed by atoms with Gasteiger partial charge < -0.3 is 18.9 Å². The highest BCUT2D eigenvalue weighted by Gasteiger charge is 2.24. The lowest BCUT2D eigenvalue weighted by Gasteiger charge is -2.30. The van der Waals surface area contributed by atoms with Gasteiger partial charge in [-0.05, 0) is 67.0 Å². The predicted molar refractivity (Wildman–Crippen MR) is 122 cm³/mol. The summed E-state index contributed by atoms with van der Waals surface area (Å²) < 4.78 is 13.3. The fourth-order valence-corrected chi connectivity index (χ4v) is 5.30. The summed E-state index contributed by atoms with van der Waals surface area (Å²) in [6.07, 6.45) is 6.17. The Bertz CT molecular complexity index is 1130. The highest BCUT2D eigenvalue weighted by atomic mass is 16.5. The Kier molecular flexibility index (Phi) is 5.34. The number of para-hydroxylation sites is 1. The van der Waals surface area contributed by atoms with Crippen molar-refractivity contribution in [2.75, 3.05) is 20.8 Å². The molecule has 5 rings (SSSR count). The van der Waals surface area contributed by atoms with Crippen molar-refractivity contribution >= 4 is 16.8 Å². The molecule has 3 aromatic rings. The molecule has 1 aromatic heterocycles. The van der Waals surface area contributed by atoms with Gasteiger partial charge in [0, 0.05) is 42.7 Å². The normalized spacial score (nSPS) is 15.5. The molecule has 1 aliphatic carbocycles. The van der Waals surface area contributed by atoms with Crippen molar-refractivity contribution in [3.8, 4) is 11.5 Å². The third-order valence-corrected chi connectivity index (χ3v) is 6.90. The topological polar surface area (TPSA) is 43.7 Å². The van der Waals surface area contributed by atoms with Crippen LogP contribution in [0, 0.1) is 0 Å². The summed E-state index contributed by atoms with van der Waals surface area (Å²) in [6.45, 7) is 2.15. The summed E-state index contributed by atoms with van der Waals surface area (Å²) in [7, 11) is 3.31. The van der Waals surface area contributed by atoms with E-state index in [1.165, 1.54) is 40.6 Å². The van der Waals surface area contributed by atoms with Crippen LogP contribution in [0.1, 0.15) is 41.6 Å². The maximum absolute atomic E-state index is 13.1. The summed E-state index contributed by atoms with van der Waals surface area (Å²) in [5, 5.41) is 1.37. The number of carbonyl (C=O) groups is 1. The second-order valence-corrected chi connectivity index (χ2v) is 8.59. The first-order chi connectivity index (χ1) is 15.2. The van der Waals surface area contributed by atoms with E-state index in [0.717, 1.165) is 49.4 Å². The summed E-state index contributed by atoms with van der Waals surface area (Å²) in [5.41, 5.74) is 6.62. The van der Waals surface area contributed by atoms with Crippen molar-refractivity contribution in [1.82, 2.24) is 9.47 Å². The minimum atomic E-state index is 0.225. The Labute approximate surface area is 183 Å². The molecule has 5 heteroatoms. The molecule has 0 fully saturated rings. The van der Waals surface area contributed by atoms with Crippen LogP contribution in [0.15, 0.2) is 36.4 Å². The molecule has 1 aliphatic heterocycles. The first-order valence-electron chi connectivity index (χ1n) is 11.3. The molecular weight excluding hydrogens is 388 g/mol. The molecule has 0 atom stereocenters. The number of ether oxygens (including phenoxy) is 2. The molecule has 2 aromatic carbocycles. The molecular formula is C26H30N2O3. The Morgan fingerprint density at radius 3 is 2.52 bits per heavy atom. The number of fused-ring (bicyclic) bond motifs is 4. The van der Waals surface area contributed by atoms with Crippen LogP contribution in [0.3, 0.4) is 0 Å². The minimum Gasteiger partial charge on any atom is -0.493 e. The van der Waals surface area contributed by atoms with Crippen LogP contribution in [0.5, 0.6) is 11.5 Å². The van der Waals surface area contributed by atoms with Gasteiger partial charge >= 0.3 is 0 Å². The average molecular weight is 419 g/mol. The molecule has 0 radical (unpaired) electrons. The second kappa shape index (κ2) is 8.29. The maximum atomic E-state index is 13.1. The van der Waals surface area contributed by atoms with E-state index in [-0.39, 0.29) is 5.91 Å². The first-order valence-corrected chi connectivity index (χ1v) is 11.3. The quantitative estimate of drug-likeness (QED) is 0.612. The summed E-state index contributed by atoms with van der Waals surface area (Å²) >= 11 is 0. The van der Waals surface area contributed by atoms with Gasteiger partial charge in [-0.3, -0.25) is 4.79 Å². The van der Waals surface area contributed by atoms with E-state index in [4.69, 9.17) is 9.47 Å². The molecule has 2 heterocycles. The molecule has 0 bridgehead atoms. The van der Waals surface area contributed by atoms with Gasteiger partial charge in [-0.1, -0.05) is 18.2 Å². The van der Waals surface area contributed by atoms with Gasteiger partial charge in [-0.25, -0.2) is 0 Å². The number of amides is 1. The predicted octanol–water partition coefficient (Wildman–Crippen LogP) is 4.51. The van der Waals surface area contributed by atoms with Gasteiger partial charge in [-0.2, -0.15) is 0 Å².